The molecule has 0 amide bonds. The Kier molecular flexibility index (Phi) is 9.63. The van der Waals surface area contributed by atoms with E-state index in [2.05, 4.69) is 32.8 Å². The van der Waals surface area contributed by atoms with Crippen LogP contribution < -0.4 is 59.1 Å². The van der Waals surface area contributed by atoms with Crippen molar-refractivity contribution < 1.29 is 62.0 Å². The van der Waals surface area contributed by atoms with Crippen molar-refractivity contribution in [3.63, 3.8) is 0 Å². The Labute approximate surface area is 98.4 Å². The number of hydrogen-bond donors (Lipinski definition) is 2. The SMILES string of the molecule is S=c1nn[nH][nH]1.[H-].[H-].[Na+].[Na+]. The first-order chi connectivity index (χ1) is 2.89. The molecule has 0 aliphatic heterocycles. The molecule has 0 unspecified atom stereocenters. The van der Waals surface area contributed by atoms with Crippen molar-refractivity contribution in [3.8, 4) is 0 Å². The standard InChI is InChI=1S/CH2N4S.2Na.2H/c6-1-2-4-5-3-1;;;;/h(H2,2,3,4,5,6);;;;/q;2*+1;2*-1. The van der Waals surface area contributed by atoms with Crippen LogP contribution in [-0.4, -0.2) is 20.6 Å². The summed E-state index contributed by atoms with van der Waals surface area (Å²) in [6.07, 6.45) is 0. The molecule has 7 heteroatoms. The third kappa shape index (κ3) is 4.20. The zero-order chi connectivity index (χ0) is 4.41. The number of rotatable bonds is 0. The topological polar surface area (TPSA) is 57.4 Å². The van der Waals surface area contributed by atoms with Crippen molar-refractivity contribution in [2.24, 2.45) is 0 Å². The van der Waals surface area contributed by atoms with Gasteiger partial charge in [0, 0.05) is 0 Å². The summed E-state index contributed by atoms with van der Waals surface area (Å²) in [5.41, 5.74) is 0. The van der Waals surface area contributed by atoms with E-state index in [1.807, 2.05) is 0 Å². The molecule has 0 radical (unpaired) electrons. The van der Waals surface area contributed by atoms with Crippen molar-refractivity contribution in [1.82, 2.24) is 20.6 Å². The van der Waals surface area contributed by atoms with Crippen LogP contribution in [0, 0.1) is 4.77 Å². The van der Waals surface area contributed by atoms with E-state index in [0.717, 1.165) is 0 Å². The Morgan fingerprint density at radius 2 is 2.12 bits per heavy atom. The maximum absolute atomic E-state index is 4.48. The minimum absolute atomic E-state index is 0. The molecule has 0 bridgehead atoms. The third-order valence-electron chi connectivity index (χ3n) is 0.354. The van der Waals surface area contributed by atoms with E-state index >= 15 is 0 Å². The first kappa shape index (κ1) is 12.0. The van der Waals surface area contributed by atoms with Crippen LogP contribution in [0.2, 0.25) is 0 Å². The first-order valence-corrected chi connectivity index (χ1v) is 1.76. The number of H-pyrrole nitrogens is 2. The molecular weight excluding hydrogens is 146 g/mol. The maximum atomic E-state index is 4.48. The second kappa shape index (κ2) is 6.41. The molecule has 8 heavy (non-hydrogen) atoms. The molecule has 1 heterocycles. The minimum atomic E-state index is 0. The molecule has 1 rings (SSSR count). The monoisotopic (exact) mass is 150 g/mol. The fourth-order valence-corrected chi connectivity index (χ4v) is 0.255. The summed E-state index contributed by atoms with van der Waals surface area (Å²) in [5.74, 6) is 0. The van der Waals surface area contributed by atoms with Gasteiger partial charge in [-0.2, -0.15) is 5.21 Å². The maximum Gasteiger partial charge on any atom is 1.00 e. The molecule has 0 spiro atoms. The Balaban J connectivity index is -0.0000000450. The minimum Gasteiger partial charge on any atom is -1.00 e. The van der Waals surface area contributed by atoms with Gasteiger partial charge in [-0.25, -0.2) is 0 Å². The third-order valence-corrected chi connectivity index (χ3v) is 0.537. The number of nitrogens with zero attached hydrogens (tertiary/aromatic N) is 2. The van der Waals surface area contributed by atoms with E-state index in [0.29, 0.717) is 4.77 Å². The second-order valence-corrected chi connectivity index (χ2v) is 1.13. The van der Waals surface area contributed by atoms with Crippen LogP contribution in [0.25, 0.3) is 0 Å². The number of aromatic amines is 2. The van der Waals surface area contributed by atoms with E-state index < -0.39 is 0 Å². The van der Waals surface area contributed by atoms with Gasteiger partial charge in [-0.05, 0) is 12.2 Å². The van der Waals surface area contributed by atoms with Crippen LogP contribution >= 0.6 is 12.2 Å². The van der Waals surface area contributed by atoms with Crippen LogP contribution in [-0.2, 0) is 0 Å². The smallest absolute Gasteiger partial charge is 1.00 e. The number of hydrogen-bond acceptors (Lipinski definition) is 3. The molecule has 1 aromatic heterocycles. The Bertz CT molecular complexity index is 159. The molecule has 4 nitrogen and oxygen atoms in total. The van der Waals surface area contributed by atoms with Crippen molar-refractivity contribution in [1.29, 1.82) is 0 Å². The summed E-state index contributed by atoms with van der Waals surface area (Å²) in [5, 5.41) is 11.5. The summed E-state index contributed by atoms with van der Waals surface area (Å²) in [6, 6.07) is 0. The van der Waals surface area contributed by atoms with E-state index in [4.69, 9.17) is 0 Å². The van der Waals surface area contributed by atoms with Gasteiger partial charge in [0.15, 0.2) is 0 Å². The van der Waals surface area contributed by atoms with Crippen LogP contribution in [0.1, 0.15) is 2.85 Å². The fraction of sp³-hybridized carbons (Fsp3) is 0. The Morgan fingerprint density at radius 1 is 1.50 bits per heavy atom. The van der Waals surface area contributed by atoms with E-state index in [9.17, 15) is 0 Å². The van der Waals surface area contributed by atoms with Gasteiger partial charge in [0.05, 0.1) is 0 Å². The molecule has 0 aliphatic rings. The molecule has 36 valence electrons. The summed E-state index contributed by atoms with van der Waals surface area (Å²) < 4.78 is 0.384. The van der Waals surface area contributed by atoms with Crippen molar-refractivity contribution in [2.75, 3.05) is 0 Å². The molecule has 0 saturated heterocycles. The average molecular weight is 150 g/mol. The van der Waals surface area contributed by atoms with Gasteiger partial charge >= 0.3 is 59.1 Å². The quantitative estimate of drug-likeness (QED) is 0.286. The van der Waals surface area contributed by atoms with Gasteiger partial charge in [-0.15, -0.1) is 0 Å². The number of tetrazole rings is 1. The summed E-state index contributed by atoms with van der Waals surface area (Å²) in [6.45, 7) is 0. The Morgan fingerprint density at radius 3 is 2.25 bits per heavy atom. The normalized spacial score (nSPS) is 6.50. The van der Waals surface area contributed by atoms with E-state index in [1.54, 1.807) is 0 Å². The van der Waals surface area contributed by atoms with Crippen molar-refractivity contribution >= 4 is 12.2 Å². The molecule has 2 N–H and O–H groups in total. The van der Waals surface area contributed by atoms with E-state index in [-0.39, 0.29) is 62.0 Å². The van der Waals surface area contributed by atoms with Gasteiger partial charge in [0.25, 0.3) is 0 Å². The zero-order valence-electron chi connectivity index (χ0n) is 6.80. The van der Waals surface area contributed by atoms with Gasteiger partial charge in [0.1, 0.15) is 0 Å². The summed E-state index contributed by atoms with van der Waals surface area (Å²) in [7, 11) is 0. The largest absolute Gasteiger partial charge is 1.00 e. The molecule has 0 fully saturated rings. The summed E-state index contributed by atoms with van der Waals surface area (Å²) in [4.78, 5) is 0. The Hall–Kier alpha value is 1.29. The van der Waals surface area contributed by atoms with Gasteiger partial charge in [-0.1, -0.05) is 10.3 Å². The second-order valence-electron chi connectivity index (χ2n) is 0.742. The van der Waals surface area contributed by atoms with Crippen LogP contribution in [0.4, 0.5) is 0 Å². The van der Waals surface area contributed by atoms with Gasteiger partial charge < -0.3 is 2.85 Å². The van der Waals surface area contributed by atoms with Gasteiger partial charge in [0.2, 0.25) is 4.77 Å². The van der Waals surface area contributed by atoms with Crippen LogP contribution in [0.5, 0.6) is 0 Å². The van der Waals surface area contributed by atoms with Gasteiger partial charge in [-0.3, -0.25) is 5.10 Å². The predicted molar refractivity (Wildman–Crippen MR) is 23.8 cm³/mol. The molecule has 1 aromatic rings. The molecule has 0 atom stereocenters. The zero-order valence-corrected chi connectivity index (χ0v) is 9.62. The fourth-order valence-electron chi connectivity index (χ4n) is 0.168. The summed E-state index contributed by atoms with van der Waals surface area (Å²) >= 11 is 4.48. The predicted octanol–water partition coefficient (Wildman–Crippen LogP) is -5.90. The molecule has 0 aliphatic carbocycles. The number of aromatic nitrogens is 4. The average Bonchev–Trinajstić information content (AvgIpc) is 1.86. The first-order valence-electron chi connectivity index (χ1n) is 1.35. The van der Waals surface area contributed by atoms with Crippen molar-refractivity contribution in [2.45, 2.75) is 0 Å². The van der Waals surface area contributed by atoms with E-state index in [1.165, 1.54) is 0 Å². The molecule has 0 saturated carbocycles. The van der Waals surface area contributed by atoms with Crippen molar-refractivity contribution in [3.05, 3.63) is 4.77 Å². The van der Waals surface area contributed by atoms with Crippen LogP contribution in [0.3, 0.4) is 0 Å². The van der Waals surface area contributed by atoms with Crippen LogP contribution in [0.15, 0.2) is 0 Å². The molecule has 0 aromatic carbocycles. The number of nitrogens with one attached hydrogen (secondary N) is 2. The molecular formula is CH4N4Na2S.